The normalized spacial score (nSPS) is 15.6. The fraction of sp³-hybridized carbons (Fsp3) is 0.368. The predicted octanol–water partition coefficient (Wildman–Crippen LogP) is 4.57. The zero-order valence-electron chi connectivity index (χ0n) is 13.0. The third-order valence-electron chi connectivity index (χ3n) is 4.58. The van der Waals surface area contributed by atoms with E-state index in [9.17, 15) is 0 Å². The zero-order valence-corrected chi connectivity index (χ0v) is 13.0. The molecule has 0 amide bonds. The van der Waals surface area contributed by atoms with E-state index in [1.54, 1.807) is 0 Å². The number of rotatable bonds is 4. The molecule has 0 heterocycles. The second kappa shape index (κ2) is 6.73. The van der Waals surface area contributed by atoms with E-state index in [2.05, 4.69) is 29.2 Å². The van der Waals surface area contributed by atoms with Gasteiger partial charge in [0.2, 0.25) is 0 Å². The number of hydrogen-bond acceptors (Lipinski definition) is 3. The van der Waals surface area contributed by atoms with Crippen LogP contribution in [0.1, 0.15) is 32.1 Å². The summed E-state index contributed by atoms with van der Waals surface area (Å²) in [5.41, 5.74) is 15.7. The van der Waals surface area contributed by atoms with E-state index < -0.39 is 0 Å². The van der Waals surface area contributed by atoms with Gasteiger partial charge in [0.1, 0.15) is 0 Å². The molecule has 0 bridgehead atoms. The standard InChI is InChI=1S/C19H25N3/c20-16-6-10-18(11-7-16)22(14-15-4-2-1-3-5-15)19-12-8-17(21)9-13-19/h6-13,15H,1-5,14,20-21H2. The second-order valence-corrected chi connectivity index (χ2v) is 6.30. The van der Waals surface area contributed by atoms with E-state index in [4.69, 9.17) is 11.5 Å². The Morgan fingerprint density at radius 1 is 0.727 bits per heavy atom. The van der Waals surface area contributed by atoms with Gasteiger partial charge in [-0.05, 0) is 67.3 Å². The third-order valence-corrected chi connectivity index (χ3v) is 4.58. The van der Waals surface area contributed by atoms with E-state index in [0.29, 0.717) is 0 Å². The summed E-state index contributed by atoms with van der Waals surface area (Å²) < 4.78 is 0. The monoisotopic (exact) mass is 295 g/mol. The van der Waals surface area contributed by atoms with Crippen LogP contribution in [0.25, 0.3) is 0 Å². The van der Waals surface area contributed by atoms with Gasteiger partial charge in [-0.25, -0.2) is 0 Å². The quantitative estimate of drug-likeness (QED) is 0.812. The van der Waals surface area contributed by atoms with Crippen molar-refractivity contribution in [2.24, 2.45) is 5.92 Å². The molecule has 1 saturated carbocycles. The summed E-state index contributed by atoms with van der Waals surface area (Å²) >= 11 is 0. The molecule has 0 aliphatic heterocycles. The molecule has 3 heteroatoms. The van der Waals surface area contributed by atoms with Crippen molar-refractivity contribution < 1.29 is 0 Å². The van der Waals surface area contributed by atoms with Crippen molar-refractivity contribution in [1.82, 2.24) is 0 Å². The first-order chi connectivity index (χ1) is 10.7. The SMILES string of the molecule is Nc1ccc(N(CC2CCCCC2)c2ccc(N)cc2)cc1. The van der Waals surface area contributed by atoms with Crippen molar-refractivity contribution in [2.45, 2.75) is 32.1 Å². The van der Waals surface area contributed by atoms with Gasteiger partial charge in [-0.2, -0.15) is 0 Å². The van der Waals surface area contributed by atoms with Crippen LogP contribution in [-0.4, -0.2) is 6.54 Å². The predicted molar refractivity (Wildman–Crippen MR) is 95.3 cm³/mol. The largest absolute Gasteiger partial charge is 0.399 e. The molecule has 116 valence electrons. The zero-order chi connectivity index (χ0) is 15.4. The van der Waals surface area contributed by atoms with Crippen LogP contribution in [0.15, 0.2) is 48.5 Å². The molecular formula is C19H25N3. The van der Waals surface area contributed by atoms with Crippen LogP contribution >= 0.6 is 0 Å². The maximum atomic E-state index is 5.83. The maximum Gasteiger partial charge on any atom is 0.0412 e. The Kier molecular flexibility index (Phi) is 4.52. The molecule has 4 N–H and O–H groups in total. The van der Waals surface area contributed by atoms with Crippen LogP contribution in [0.2, 0.25) is 0 Å². The van der Waals surface area contributed by atoms with Gasteiger partial charge < -0.3 is 16.4 Å². The summed E-state index contributed by atoms with van der Waals surface area (Å²) in [5, 5.41) is 0. The molecule has 2 aromatic rings. The van der Waals surface area contributed by atoms with Crippen LogP contribution in [0.3, 0.4) is 0 Å². The van der Waals surface area contributed by atoms with Crippen molar-refractivity contribution in [2.75, 3.05) is 22.9 Å². The Morgan fingerprint density at radius 2 is 1.18 bits per heavy atom. The molecule has 0 aromatic heterocycles. The minimum absolute atomic E-state index is 0.767. The Balaban J connectivity index is 1.86. The molecule has 1 aliphatic carbocycles. The van der Waals surface area contributed by atoms with Gasteiger partial charge in [0, 0.05) is 29.3 Å². The fourth-order valence-corrected chi connectivity index (χ4v) is 3.30. The molecule has 0 spiro atoms. The van der Waals surface area contributed by atoms with Crippen LogP contribution in [-0.2, 0) is 0 Å². The highest BCUT2D eigenvalue weighted by atomic mass is 15.1. The van der Waals surface area contributed by atoms with Crippen molar-refractivity contribution in [3.8, 4) is 0 Å². The van der Waals surface area contributed by atoms with Gasteiger partial charge in [0.15, 0.2) is 0 Å². The van der Waals surface area contributed by atoms with E-state index in [-0.39, 0.29) is 0 Å². The van der Waals surface area contributed by atoms with E-state index >= 15 is 0 Å². The molecular weight excluding hydrogens is 270 g/mol. The molecule has 3 rings (SSSR count). The van der Waals surface area contributed by atoms with Crippen LogP contribution in [0.4, 0.5) is 22.7 Å². The van der Waals surface area contributed by atoms with Gasteiger partial charge in [0.05, 0.1) is 0 Å². The lowest BCUT2D eigenvalue weighted by atomic mass is 9.88. The van der Waals surface area contributed by atoms with Crippen LogP contribution < -0.4 is 16.4 Å². The van der Waals surface area contributed by atoms with Gasteiger partial charge in [-0.3, -0.25) is 0 Å². The van der Waals surface area contributed by atoms with Gasteiger partial charge >= 0.3 is 0 Å². The molecule has 0 radical (unpaired) electrons. The van der Waals surface area contributed by atoms with Gasteiger partial charge in [-0.1, -0.05) is 19.3 Å². The van der Waals surface area contributed by atoms with Crippen molar-refractivity contribution in [3.05, 3.63) is 48.5 Å². The summed E-state index contributed by atoms with van der Waals surface area (Å²) in [6, 6.07) is 16.3. The fourth-order valence-electron chi connectivity index (χ4n) is 3.30. The summed E-state index contributed by atoms with van der Waals surface area (Å²) in [6.45, 7) is 1.06. The molecule has 0 atom stereocenters. The summed E-state index contributed by atoms with van der Waals surface area (Å²) in [6.07, 6.45) is 6.78. The molecule has 0 saturated heterocycles. The average molecular weight is 295 g/mol. The Labute approximate surface area is 132 Å². The smallest absolute Gasteiger partial charge is 0.0412 e. The Hall–Kier alpha value is -2.16. The number of nitrogens with zero attached hydrogens (tertiary/aromatic N) is 1. The first kappa shape index (κ1) is 14.8. The third kappa shape index (κ3) is 3.53. The average Bonchev–Trinajstić information content (AvgIpc) is 2.56. The van der Waals surface area contributed by atoms with Gasteiger partial charge in [0.25, 0.3) is 0 Å². The lowest BCUT2D eigenvalue weighted by molar-refractivity contribution is 0.365. The number of anilines is 4. The maximum absolute atomic E-state index is 5.83. The van der Waals surface area contributed by atoms with Crippen molar-refractivity contribution >= 4 is 22.7 Å². The lowest BCUT2D eigenvalue weighted by Gasteiger charge is -2.31. The van der Waals surface area contributed by atoms with E-state index in [1.165, 1.54) is 43.5 Å². The summed E-state index contributed by atoms with van der Waals surface area (Å²) in [7, 11) is 0. The number of nitrogen functional groups attached to an aromatic ring is 2. The minimum atomic E-state index is 0.767. The highest BCUT2D eigenvalue weighted by Gasteiger charge is 2.18. The Bertz CT molecular complexity index is 538. The molecule has 22 heavy (non-hydrogen) atoms. The highest BCUT2D eigenvalue weighted by molar-refractivity contribution is 5.66. The van der Waals surface area contributed by atoms with Gasteiger partial charge in [-0.15, -0.1) is 0 Å². The first-order valence-corrected chi connectivity index (χ1v) is 8.21. The van der Waals surface area contributed by atoms with Crippen LogP contribution in [0.5, 0.6) is 0 Å². The molecule has 0 unspecified atom stereocenters. The van der Waals surface area contributed by atoms with E-state index in [0.717, 1.165) is 23.8 Å². The number of benzene rings is 2. The van der Waals surface area contributed by atoms with E-state index in [1.807, 2.05) is 24.3 Å². The van der Waals surface area contributed by atoms with Crippen molar-refractivity contribution in [3.63, 3.8) is 0 Å². The molecule has 1 fully saturated rings. The summed E-state index contributed by atoms with van der Waals surface area (Å²) in [5.74, 6) is 0.767. The Morgan fingerprint density at radius 3 is 1.64 bits per heavy atom. The highest BCUT2D eigenvalue weighted by Crippen LogP contribution is 2.32. The number of hydrogen-bond donors (Lipinski definition) is 2. The summed E-state index contributed by atoms with van der Waals surface area (Å²) in [4.78, 5) is 2.40. The molecule has 2 aromatic carbocycles. The van der Waals surface area contributed by atoms with Crippen LogP contribution in [0, 0.1) is 5.92 Å². The molecule has 3 nitrogen and oxygen atoms in total. The van der Waals surface area contributed by atoms with Crippen molar-refractivity contribution in [1.29, 1.82) is 0 Å². The first-order valence-electron chi connectivity index (χ1n) is 8.21. The minimum Gasteiger partial charge on any atom is -0.399 e. The second-order valence-electron chi connectivity index (χ2n) is 6.30. The number of nitrogens with two attached hydrogens (primary N) is 2. The molecule has 1 aliphatic rings. The lowest BCUT2D eigenvalue weighted by Crippen LogP contribution is -2.26. The topological polar surface area (TPSA) is 55.3 Å².